The van der Waals surface area contributed by atoms with Crippen molar-refractivity contribution < 1.29 is 27.2 Å². The minimum absolute atomic E-state index is 0.101. The number of carbonyl (C=O) groups excluding carboxylic acids is 2. The van der Waals surface area contributed by atoms with Gasteiger partial charge in [0.05, 0.1) is 23.2 Å². The lowest BCUT2D eigenvalue weighted by Gasteiger charge is -2.34. The van der Waals surface area contributed by atoms with Crippen LogP contribution < -0.4 is 5.32 Å². The Labute approximate surface area is 171 Å². The highest BCUT2D eigenvalue weighted by Gasteiger charge is 2.53. The third kappa shape index (κ3) is 3.57. The van der Waals surface area contributed by atoms with Gasteiger partial charge in [-0.1, -0.05) is 12.1 Å². The van der Waals surface area contributed by atoms with Gasteiger partial charge in [-0.2, -0.15) is 13.2 Å². The van der Waals surface area contributed by atoms with Crippen LogP contribution in [0, 0.1) is 6.92 Å². The van der Waals surface area contributed by atoms with Crippen molar-refractivity contribution in [3.05, 3.63) is 53.2 Å². The standard InChI is InChI=1S/C21H22F3N3O3/c1-12-25-15(11-30-12)19(29)27-16(13-5-3-6-14(9-13)21(22,23)24)10-20(2)17(27)7-4-8-18(28)26-20/h3,5-6,9,11,16-17H,4,7-8,10H2,1-2H3,(H,26,28)/t16-,17-,20-/m0/s1. The minimum atomic E-state index is -4.49. The Kier molecular flexibility index (Phi) is 4.86. The molecule has 1 N–H and O–H groups in total. The van der Waals surface area contributed by atoms with Gasteiger partial charge in [-0.3, -0.25) is 9.59 Å². The first-order valence-corrected chi connectivity index (χ1v) is 9.81. The number of amides is 2. The predicted molar refractivity (Wildman–Crippen MR) is 100 cm³/mol. The Hall–Kier alpha value is -2.84. The fraction of sp³-hybridized carbons (Fsp3) is 0.476. The maximum Gasteiger partial charge on any atom is 0.416 e. The van der Waals surface area contributed by atoms with Crippen molar-refractivity contribution in [1.82, 2.24) is 15.2 Å². The van der Waals surface area contributed by atoms with Crippen LogP contribution in [0.2, 0.25) is 0 Å². The van der Waals surface area contributed by atoms with Crippen molar-refractivity contribution in [1.29, 1.82) is 0 Å². The zero-order valence-corrected chi connectivity index (χ0v) is 16.6. The quantitative estimate of drug-likeness (QED) is 0.795. The molecule has 0 saturated carbocycles. The van der Waals surface area contributed by atoms with Gasteiger partial charge < -0.3 is 14.6 Å². The van der Waals surface area contributed by atoms with E-state index in [1.807, 2.05) is 6.92 Å². The van der Waals surface area contributed by atoms with Crippen LogP contribution >= 0.6 is 0 Å². The highest BCUT2D eigenvalue weighted by molar-refractivity contribution is 5.93. The summed E-state index contributed by atoms with van der Waals surface area (Å²) in [7, 11) is 0. The van der Waals surface area contributed by atoms with Crippen molar-refractivity contribution in [2.24, 2.45) is 0 Å². The summed E-state index contributed by atoms with van der Waals surface area (Å²) in [5.74, 6) is -0.210. The number of benzene rings is 1. The Morgan fingerprint density at radius 3 is 2.80 bits per heavy atom. The summed E-state index contributed by atoms with van der Waals surface area (Å²) in [5, 5.41) is 3.00. The zero-order chi connectivity index (χ0) is 21.7. The second-order valence-electron chi connectivity index (χ2n) is 8.18. The number of fused-ring (bicyclic) bond motifs is 1. The second kappa shape index (κ2) is 7.14. The number of nitrogens with zero attached hydrogens (tertiary/aromatic N) is 2. The number of oxazole rings is 1. The van der Waals surface area contributed by atoms with Crippen LogP contribution in [0.25, 0.3) is 0 Å². The molecule has 0 aliphatic carbocycles. The molecule has 0 spiro atoms. The smallest absolute Gasteiger partial charge is 0.416 e. The molecule has 2 aliphatic heterocycles. The molecule has 0 unspecified atom stereocenters. The number of likely N-dealkylation sites (tertiary alicyclic amines) is 1. The second-order valence-corrected chi connectivity index (χ2v) is 8.18. The molecule has 2 aliphatic rings. The number of aryl methyl sites for hydroxylation is 1. The highest BCUT2D eigenvalue weighted by Crippen LogP contribution is 2.46. The molecule has 2 amide bonds. The molecule has 2 fully saturated rings. The Morgan fingerprint density at radius 1 is 1.37 bits per heavy atom. The summed E-state index contributed by atoms with van der Waals surface area (Å²) in [5.41, 5.74) is -1.04. The monoisotopic (exact) mass is 421 g/mol. The van der Waals surface area contributed by atoms with Crippen LogP contribution in [-0.4, -0.2) is 33.3 Å². The SMILES string of the molecule is Cc1nc(C(=O)N2[C@H]3CCCC(=O)N[C@@]3(C)C[C@H]2c2cccc(C(F)(F)F)c2)co1. The number of hydrogen-bond acceptors (Lipinski definition) is 4. The van der Waals surface area contributed by atoms with E-state index in [2.05, 4.69) is 10.3 Å². The molecule has 160 valence electrons. The zero-order valence-electron chi connectivity index (χ0n) is 16.6. The molecule has 1 aromatic heterocycles. The first-order chi connectivity index (χ1) is 14.1. The summed E-state index contributed by atoms with van der Waals surface area (Å²) in [6.07, 6.45) is -1.42. The lowest BCUT2D eigenvalue weighted by atomic mass is 9.88. The van der Waals surface area contributed by atoms with Crippen LogP contribution in [-0.2, 0) is 11.0 Å². The van der Waals surface area contributed by atoms with Gasteiger partial charge >= 0.3 is 6.18 Å². The molecule has 3 heterocycles. The number of rotatable bonds is 2. The van der Waals surface area contributed by atoms with Gasteiger partial charge in [0.1, 0.15) is 6.26 Å². The van der Waals surface area contributed by atoms with Crippen molar-refractivity contribution in [2.75, 3.05) is 0 Å². The third-order valence-electron chi connectivity index (χ3n) is 6.00. The lowest BCUT2D eigenvalue weighted by Crippen LogP contribution is -2.54. The van der Waals surface area contributed by atoms with Crippen LogP contribution in [0.4, 0.5) is 13.2 Å². The van der Waals surface area contributed by atoms with Gasteiger partial charge in [0, 0.05) is 13.3 Å². The fourth-order valence-electron chi connectivity index (χ4n) is 4.67. The van der Waals surface area contributed by atoms with Crippen LogP contribution in [0.15, 0.2) is 34.9 Å². The topological polar surface area (TPSA) is 75.4 Å². The lowest BCUT2D eigenvalue weighted by molar-refractivity contribution is -0.137. The molecule has 2 aromatic rings. The number of aromatic nitrogens is 1. The van der Waals surface area contributed by atoms with E-state index in [9.17, 15) is 22.8 Å². The number of alkyl halides is 3. The fourth-order valence-corrected chi connectivity index (χ4v) is 4.67. The maximum atomic E-state index is 13.4. The number of nitrogens with one attached hydrogen (secondary N) is 1. The molecule has 1 aromatic carbocycles. The summed E-state index contributed by atoms with van der Waals surface area (Å²) < 4.78 is 45.1. The Bertz CT molecular complexity index is 987. The van der Waals surface area contributed by atoms with E-state index in [0.29, 0.717) is 37.1 Å². The number of hydrogen-bond donors (Lipinski definition) is 1. The number of halogens is 3. The summed E-state index contributed by atoms with van der Waals surface area (Å²) in [4.78, 5) is 31.3. The summed E-state index contributed by atoms with van der Waals surface area (Å²) >= 11 is 0. The molecule has 0 bridgehead atoms. The Balaban J connectivity index is 1.79. The first kappa shape index (κ1) is 20.4. The molecule has 30 heavy (non-hydrogen) atoms. The largest absolute Gasteiger partial charge is 0.448 e. The molecule has 0 radical (unpaired) electrons. The van der Waals surface area contributed by atoms with Gasteiger partial charge in [0.15, 0.2) is 11.6 Å². The summed E-state index contributed by atoms with van der Waals surface area (Å²) in [6.45, 7) is 3.46. The van der Waals surface area contributed by atoms with Crippen molar-refractivity contribution in [3.63, 3.8) is 0 Å². The maximum absolute atomic E-state index is 13.4. The molecule has 4 rings (SSSR count). The van der Waals surface area contributed by atoms with E-state index in [1.165, 1.54) is 12.3 Å². The van der Waals surface area contributed by atoms with Crippen LogP contribution in [0.1, 0.15) is 66.2 Å². The molecule has 9 heteroatoms. The third-order valence-corrected chi connectivity index (χ3v) is 6.00. The predicted octanol–water partition coefficient (Wildman–Crippen LogP) is 4.02. The number of carbonyl (C=O) groups is 2. The van der Waals surface area contributed by atoms with Gasteiger partial charge in [-0.05, 0) is 43.9 Å². The van der Waals surface area contributed by atoms with E-state index in [0.717, 1.165) is 12.1 Å². The van der Waals surface area contributed by atoms with E-state index in [4.69, 9.17) is 4.42 Å². The van der Waals surface area contributed by atoms with E-state index < -0.39 is 29.2 Å². The van der Waals surface area contributed by atoms with Gasteiger partial charge in [0.2, 0.25) is 5.91 Å². The van der Waals surface area contributed by atoms with Gasteiger partial charge in [-0.25, -0.2) is 4.98 Å². The highest BCUT2D eigenvalue weighted by atomic mass is 19.4. The van der Waals surface area contributed by atoms with Crippen molar-refractivity contribution in [2.45, 2.75) is 63.3 Å². The van der Waals surface area contributed by atoms with E-state index in [-0.39, 0.29) is 17.6 Å². The van der Waals surface area contributed by atoms with Gasteiger partial charge in [-0.15, -0.1) is 0 Å². The minimum Gasteiger partial charge on any atom is -0.448 e. The average molecular weight is 421 g/mol. The van der Waals surface area contributed by atoms with Crippen LogP contribution in [0.3, 0.4) is 0 Å². The van der Waals surface area contributed by atoms with E-state index in [1.54, 1.807) is 17.9 Å². The van der Waals surface area contributed by atoms with Crippen molar-refractivity contribution in [3.8, 4) is 0 Å². The molecule has 6 nitrogen and oxygen atoms in total. The molecule has 2 saturated heterocycles. The first-order valence-electron chi connectivity index (χ1n) is 9.81. The normalized spacial score (nSPS) is 26.8. The van der Waals surface area contributed by atoms with E-state index >= 15 is 0 Å². The average Bonchev–Trinajstić information content (AvgIpc) is 3.18. The Morgan fingerprint density at radius 2 is 2.13 bits per heavy atom. The summed E-state index contributed by atoms with van der Waals surface area (Å²) in [6, 6.07) is 4.02. The van der Waals surface area contributed by atoms with Crippen molar-refractivity contribution >= 4 is 11.8 Å². The molecular formula is C21H22F3N3O3. The van der Waals surface area contributed by atoms with Crippen LogP contribution in [0.5, 0.6) is 0 Å². The molecular weight excluding hydrogens is 399 g/mol. The molecule has 3 atom stereocenters. The van der Waals surface area contributed by atoms with Gasteiger partial charge in [0.25, 0.3) is 5.91 Å².